The first-order chi connectivity index (χ1) is 13.1. The highest BCUT2D eigenvalue weighted by molar-refractivity contribution is 6.32. The summed E-state index contributed by atoms with van der Waals surface area (Å²) < 4.78 is 0. The first kappa shape index (κ1) is 20.2. The Morgan fingerprint density at radius 3 is 1.85 bits per heavy atom. The Morgan fingerprint density at radius 2 is 1.26 bits per heavy atom. The van der Waals surface area contributed by atoms with Crippen LogP contribution in [0.25, 0.3) is 11.1 Å². The third-order valence-corrected chi connectivity index (χ3v) is 6.59. The summed E-state index contributed by atoms with van der Waals surface area (Å²) in [6, 6.07) is 14.4. The lowest BCUT2D eigenvalue weighted by Crippen LogP contribution is -2.26. The summed E-state index contributed by atoms with van der Waals surface area (Å²) in [5.74, 6) is 0. The van der Waals surface area contributed by atoms with Crippen molar-refractivity contribution in [1.82, 2.24) is 0 Å². The fraction of sp³-hybridized carbons (Fsp3) is 0.538. The van der Waals surface area contributed by atoms with Gasteiger partial charge in [-0.05, 0) is 42.0 Å². The molecule has 0 spiro atoms. The minimum Gasteiger partial charge on any atom is -0.0886 e. The Kier molecular flexibility index (Phi) is 6.85. The van der Waals surface area contributed by atoms with Crippen LogP contribution in [-0.2, 0) is 5.41 Å². The fourth-order valence-corrected chi connectivity index (χ4v) is 5.09. The third kappa shape index (κ3) is 4.18. The molecule has 0 heterocycles. The standard InChI is InChI=1S/C26H37B/c1-4-6-8-10-16-26(17-11-9-7-5-2)24-18-20(3)12-14-22(24)23-15-13-21(27)19-25(23)26/h12-15,18-19H,4-11,16-17,27H2,1-3H3. The van der Waals surface area contributed by atoms with E-state index in [-0.39, 0.29) is 5.41 Å². The van der Waals surface area contributed by atoms with E-state index in [4.69, 9.17) is 0 Å². The van der Waals surface area contributed by atoms with Crippen molar-refractivity contribution in [3.05, 3.63) is 53.1 Å². The molecule has 3 rings (SSSR count). The van der Waals surface area contributed by atoms with E-state index in [9.17, 15) is 0 Å². The SMILES string of the molecule is Bc1ccc2c(c1)C(CCCCCC)(CCCCCC)c1cc(C)ccc1-2. The van der Waals surface area contributed by atoms with E-state index >= 15 is 0 Å². The molecule has 2 aromatic carbocycles. The van der Waals surface area contributed by atoms with Gasteiger partial charge in [-0.15, -0.1) is 0 Å². The Labute approximate surface area is 168 Å². The maximum Gasteiger partial charge on any atom is 0.139 e. The zero-order chi connectivity index (χ0) is 19.3. The second-order valence-electron chi connectivity index (χ2n) is 8.80. The second-order valence-corrected chi connectivity index (χ2v) is 8.80. The zero-order valence-electron chi connectivity index (χ0n) is 18.0. The van der Waals surface area contributed by atoms with Crippen LogP contribution in [0.5, 0.6) is 0 Å². The normalized spacial score (nSPS) is 14.2. The number of fused-ring (bicyclic) bond motifs is 3. The van der Waals surface area contributed by atoms with Crippen LogP contribution in [0, 0.1) is 6.92 Å². The summed E-state index contributed by atoms with van der Waals surface area (Å²) in [5, 5.41) is 0. The molecule has 144 valence electrons. The lowest BCUT2D eigenvalue weighted by atomic mass is 9.69. The first-order valence-electron chi connectivity index (χ1n) is 11.3. The summed E-state index contributed by atoms with van der Waals surface area (Å²) in [5.41, 5.74) is 9.30. The van der Waals surface area contributed by atoms with Crippen molar-refractivity contribution in [1.29, 1.82) is 0 Å². The van der Waals surface area contributed by atoms with E-state index in [2.05, 4.69) is 65.0 Å². The molecular weight excluding hydrogens is 323 g/mol. The highest BCUT2D eigenvalue weighted by atomic mass is 14.4. The molecule has 0 atom stereocenters. The molecule has 27 heavy (non-hydrogen) atoms. The number of rotatable bonds is 10. The average Bonchev–Trinajstić information content (AvgIpc) is 2.92. The van der Waals surface area contributed by atoms with Gasteiger partial charge in [0.05, 0.1) is 0 Å². The van der Waals surface area contributed by atoms with Gasteiger partial charge in [-0.1, -0.05) is 113 Å². The smallest absolute Gasteiger partial charge is 0.0886 e. The molecule has 0 saturated heterocycles. The van der Waals surface area contributed by atoms with E-state index in [0.717, 1.165) is 0 Å². The highest BCUT2D eigenvalue weighted by Crippen LogP contribution is 2.54. The van der Waals surface area contributed by atoms with Gasteiger partial charge in [0.25, 0.3) is 0 Å². The largest absolute Gasteiger partial charge is 0.139 e. The molecule has 0 radical (unpaired) electrons. The number of benzene rings is 2. The van der Waals surface area contributed by atoms with Gasteiger partial charge in [-0.25, -0.2) is 0 Å². The van der Waals surface area contributed by atoms with Gasteiger partial charge >= 0.3 is 0 Å². The van der Waals surface area contributed by atoms with Crippen LogP contribution in [0.1, 0.15) is 94.7 Å². The summed E-state index contributed by atoms with van der Waals surface area (Å²) >= 11 is 0. The monoisotopic (exact) mass is 360 g/mol. The number of hydrogen-bond acceptors (Lipinski definition) is 0. The number of hydrogen-bond donors (Lipinski definition) is 0. The molecule has 2 aromatic rings. The lowest BCUT2D eigenvalue weighted by Gasteiger charge is -2.33. The van der Waals surface area contributed by atoms with Crippen molar-refractivity contribution < 1.29 is 0 Å². The molecule has 0 nitrogen and oxygen atoms in total. The predicted octanol–water partition coefficient (Wildman–Crippen LogP) is 6.46. The summed E-state index contributed by atoms with van der Waals surface area (Å²) in [4.78, 5) is 0. The molecule has 0 bridgehead atoms. The number of aryl methyl sites for hydroxylation is 1. The van der Waals surface area contributed by atoms with Crippen LogP contribution in [0.3, 0.4) is 0 Å². The van der Waals surface area contributed by atoms with Gasteiger partial charge < -0.3 is 0 Å². The highest BCUT2D eigenvalue weighted by Gasteiger charge is 2.42. The summed E-state index contributed by atoms with van der Waals surface area (Å²) in [6.45, 7) is 6.88. The van der Waals surface area contributed by atoms with Gasteiger partial charge in [0.15, 0.2) is 0 Å². The van der Waals surface area contributed by atoms with Crippen LogP contribution in [0.4, 0.5) is 0 Å². The predicted molar refractivity (Wildman–Crippen MR) is 123 cm³/mol. The van der Waals surface area contributed by atoms with Gasteiger partial charge in [0, 0.05) is 5.41 Å². The Hall–Kier alpha value is -1.50. The summed E-state index contributed by atoms with van der Waals surface area (Å²) in [6.07, 6.45) is 13.4. The molecule has 1 heteroatoms. The Bertz CT molecular complexity index is 693. The van der Waals surface area contributed by atoms with Gasteiger partial charge in [0.2, 0.25) is 0 Å². The van der Waals surface area contributed by atoms with Crippen molar-refractivity contribution in [2.45, 2.75) is 90.4 Å². The fourth-order valence-electron chi connectivity index (χ4n) is 5.09. The zero-order valence-corrected chi connectivity index (χ0v) is 18.0. The third-order valence-electron chi connectivity index (χ3n) is 6.59. The van der Waals surface area contributed by atoms with Crippen LogP contribution < -0.4 is 5.46 Å². The molecule has 0 aliphatic heterocycles. The number of unbranched alkanes of at least 4 members (excludes halogenated alkanes) is 6. The van der Waals surface area contributed by atoms with Gasteiger partial charge in [0.1, 0.15) is 7.85 Å². The van der Waals surface area contributed by atoms with Crippen LogP contribution >= 0.6 is 0 Å². The Balaban J connectivity index is 2.03. The van der Waals surface area contributed by atoms with Crippen molar-refractivity contribution in [3.8, 4) is 11.1 Å². The van der Waals surface area contributed by atoms with Crippen molar-refractivity contribution in [3.63, 3.8) is 0 Å². The van der Waals surface area contributed by atoms with Crippen molar-refractivity contribution in [2.24, 2.45) is 0 Å². The maximum atomic E-state index is 2.50. The maximum absolute atomic E-state index is 2.50. The van der Waals surface area contributed by atoms with E-state index in [0.29, 0.717) is 0 Å². The molecule has 0 saturated carbocycles. The van der Waals surface area contributed by atoms with Gasteiger partial charge in [-0.2, -0.15) is 0 Å². The quantitative estimate of drug-likeness (QED) is 0.337. The first-order valence-corrected chi connectivity index (χ1v) is 11.3. The molecule has 0 fully saturated rings. The Morgan fingerprint density at radius 1 is 0.704 bits per heavy atom. The minimum atomic E-state index is 0.240. The molecule has 0 amide bonds. The molecule has 0 unspecified atom stereocenters. The van der Waals surface area contributed by atoms with Crippen LogP contribution in [0.2, 0.25) is 0 Å². The van der Waals surface area contributed by atoms with E-state index < -0.39 is 0 Å². The van der Waals surface area contributed by atoms with Crippen LogP contribution in [0.15, 0.2) is 36.4 Å². The van der Waals surface area contributed by atoms with E-state index in [1.165, 1.54) is 86.4 Å². The van der Waals surface area contributed by atoms with Crippen molar-refractivity contribution in [2.75, 3.05) is 0 Å². The molecule has 0 aromatic heterocycles. The molecule has 1 aliphatic carbocycles. The van der Waals surface area contributed by atoms with Crippen LogP contribution in [-0.4, -0.2) is 7.85 Å². The second kappa shape index (κ2) is 9.13. The van der Waals surface area contributed by atoms with Gasteiger partial charge in [-0.3, -0.25) is 0 Å². The minimum absolute atomic E-state index is 0.240. The van der Waals surface area contributed by atoms with Crippen molar-refractivity contribution >= 4 is 13.3 Å². The molecular formula is C26H37B. The van der Waals surface area contributed by atoms with E-state index in [1.54, 1.807) is 11.1 Å². The topological polar surface area (TPSA) is 0 Å². The van der Waals surface area contributed by atoms with E-state index in [1.807, 2.05) is 0 Å². The molecule has 0 N–H and O–H groups in total. The molecule has 1 aliphatic rings. The lowest BCUT2D eigenvalue weighted by molar-refractivity contribution is 0.401. The average molecular weight is 360 g/mol. The summed E-state index contributed by atoms with van der Waals surface area (Å²) in [7, 11) is 2.26.